The predicted octanol–water partition coefficient (Wildman–Crippen LogP) is 3.97. The molecule has 19 heavy (non-hydrogen) atoms. The number of rotatable bonds is 6. The number of methoxy groups -OCH3 is 1. The summed E-state index contributed by atoms with van der Waals surface area (Å²) in [5.41, 5.74) is 0.741. The lowest BCUT2D eigenvalue weighted by molar-refractivity contribution is 0.230. The third-order valence-electron chi connectivity index (χ3n) is 3.81. The lowest BCUT2D eigenvalue weighted by Gasteiger charge is -2.24. The van der Waals surface area contributed by atoms with Crippen molar-refractivity contribution in [1.29, 1.82) is 0 Å². The van der Waals surface area contributed by atoms with Gasteiger partial charge in [0.05, 0.1) is 7.11 Å². The summed E-state index contributed by atoms with van der Waals surface area (Å²) >= 11 is 3.48. The molecule has 0 saturated carbocycles. The van der Waals surface area contributed by atoms with E-state index in [1.165, 1.54) is 32.8 Å². The Morgan fingerprint density at radius 1 is 1.47 bits per heavy atom. The normalized spacial score (nSPS) is 19.8. The van der Waals surface area contributed by atoms with Gasteiger partial charge in [0.15, 0.2) is 11.6 Å². The molecule has 1 fully saturated rings. The summed E-state index contributed by atoms with van der Waals surface area (Å²) in [5, 5.41) is 1.05. The van der Waals surface area contributed by atoms with Crippen molar-refractivity contribution in [3.05, 3.63) is 29.6 Å². The van der Waals surface area contributed by atoms with Crippen molar-refractivity contribution in [2.75, 3.05) is 19.0 Å². The highest BCUT2D eigenvalue weighted by molar-refractivity contribution is 9.09. The van der Waals surface area contributed by atoms with Crippen molar-refractivity contribution in [2.24, 2.45) is 0 Å². The van der Waals surface area contributed by atoms with Crippen LogP contribution < -0.4 is 4.74 Å². The van der Waals surface area contributed by atoms with Gasteiger partial charge in [0.25, 0.3) is 0 Å². The SMILES string of the molecule is COc1cccc(CN2CCCC2CCCBr)c1F. The van der Waals surface area contributed by atoms with E-state index >= 15 is 0 Å². The van der Waals surface area contributed by atoms with Gasteiger partial charge in [-0.3, -0.25) is 4.90 Å². The number of likely N-dealkylation sites (tertiary alicyclic amines) is 1. The van der Waals surface area contributed by atoms with Crippen LogP contribution in [0.15, 0.2) is 18.2 Å². The first-order valence-electron chi connectivity index (χ1n) is 6.87. The summed E-state index contributed by atoms with van der Waals surface area (Å²) in [7, 11) is 1.51. The number of hydrogen-bond acceptors (Lipinski definition) is 2. The molecule has 1 aromatic rings. The predicted molar refractivity (Wildman–Crippen MR) is 79.4 cm³/mol. The molecule has 0 amide bonds. The summed E-state index contributed by atoms with van der Waals surface area (Å²) in [6, 6.07) is 5.99. The summed E-state index contributed by atoms with van der Waals surface area (Å²) in [5.74, 6) is 0.129. The van der Waals surface area contributed by atoms with Gasteiger partial charge >= 0.3 is 0 Å². The molecule has 1 aliphatic rings. The van der Waals surface area contributed by atoms with E-state index in [9.17, 15) is 4.39 Å². The summed E-state index contributed by atoms with van der Waals surface area (Å²) < 4.78 is 19.2. The molecule has 0 aromatic heterocycles. The molecule has 1 atom stereocenters. The Labute approximate surface area is 123 Å². The zero-order chi connectivity index (χ0) is 13.7. The first kappa shape index (κ1) is 14.8. The summed E-state index contributed by atoms with van der Waals surface area (Å²) in [6.07, 6.45) is 4.83. The van der Waals surface area contributed by atoms with Gasteiger partial charge in [-0.2, -0.15) is 0 Å². The van der Waals surface area contributed by atoms with Gasteiger partial charge in [0.2, 0.25) is 0 Å². The second-order valence-electron chi connectivity index (χ2n) is 5.03. The molecule has 2 nitrogen and oxygen atoms in total. The molecule has 4 heteroatoms. The lowest BCUT2D eigenvalue weighted by atomic mass is 10.1. The van der Waals surface area contributed by atoms with Crippen LogP contribution in [0.2, 0.25) is 0 Å². The summed E-state index contributed by atoms with van der Waals surface area (Å²) in [4.78, 5) is 2.40. The van der Waals surface area contributed by atoms with Gasteiger partial charge in [-0.15, -0.1) is 0 Å². The molecule has 1 aliphatic heterocycles. The van der Waals surface area contributed by atoms with E-state index in [0.717, 1.165) is 17.4 Å². The Kier molecular flexibility index (Phi) is 5.64. The fraction of sp³-hybridized carbons (Fsp3) is 0.600. The Morgan fingerprint density at radius 3 is 3.05 bits per heavy atom. The number of ether oxygens (including phenoxy) is 1. The highest BCUT2D eigenvalue weighted by Gasteiger charge is 2.25. The van der Waals surface area contributed by atoms with Crippen LogP contribution >= 0.6 is 15.9 Å². The fourth-order valence-corrected chi connectivity index (χ4v) is 3.12. The van der Waals surface area contributed by atoms with Gasteiger partial charge < -0.3 is 4.74 Å². The van der Waals surface area contributed by atoms with E-state index < -0.39 is 0 Å². The molecule has 0 radical (unpaired) electrons. The second kappa shape index (κ2) is 7.25. The molecule has 106 valence electrons. The average Bonchev–Trinajstić information content (AvgIpc) is 2.86. The molecule has 1 saturated heterocycles. The monoisotopic (exact) mass is 329 g/mol. The largest absolute Gasteiger partial charge is 0.494 e. The molecule has 1 heterocycles. The number of benzene rings is 1. The third-order valence-corrected chi connectivity index (χ3v) is 4.37. The van der Waals surface area contributed by atoms with Crippen LogP contribution in [0, 0.1) is 5.82 Å². The van der Waals surface area contributed by atoms with Crippen molar-refractivity contribution in [3.63, 3.8) is 0 Å². The first-order chi connectivity index (χ1) is 9.26. The van der Waals surface area contributed by atoms with Gasteiger partial charge in [-0.1, -0.05) is 28.1 Å². The highest BCUT2D eigenvalue weighted by Crippen LogP contribution is 2.27. The number of nitrogens with zero attached hydrogens (tertiary/aromatic N) is 1. The van der Waals surface area contributed by atoms with Crippen LogP contribution in [-0.2, 0) is 6.54 Å². The topological polar surface area (TPSA) is 12.5 Å². The average molecular weight is 330 g/mol. The third kappa shape index (κ3) is 3.69. The minimum absolute atomic E-state index is 0.212. The van der Waals surface area contributed by atoms with E-state index in [-0.39, 0.29) is 5.82 Å². The maximum atomic E-state index is 14.1. The van der Waals surface area contributed by atoms with Gasteiger partial charge in [0.1, 0.15) is 0 Å². The smallest absolute Gasteiger partial charge is 0.169 e. The van der Waals surface area contributed by atoms with E-state index in [4.69, 9.17) is 4.74 Å². The van der Waals surface area contributed by atoms with Crippen LogP contribution in [0.25, 0.3) is 0 Å². The fourth-order valence-electron chi connectivity index (χ4n) is 2.80. The second-order valence-corrected chi connectivity index (χ2v) is 5.82. The van der Waals surface area contributed by atoms with Crippen molar-refractivity contribution in [3.8, 4) is 5.75 Å². The molecule has 1 aromatic carbocycles. The van der Waals surface area contributed by atoms with E-state index in [2.05, 4.69) is 20.8 Å². The zero-order valence-corrected chi connectivity index (χ0v) is 13.0. The summed E-state index contributed by atoms with van der Waals surface area (Å²) in [6.45, 7) is 1.76. The molecule has 0 bridgehead atoms. The zero-order valence-electron chi connectivity index (χ0n) is 11.4. The molecule has 0 N–H and O–H groups in total. The van der Waals surface area contributed by atoms with E-state index in [1.807, 2.05) is 12.1 Å². The first-order valence-corrected chi connectivity index (χ1v) is 7.99. The Balaban J connectivity index is 2.03. The van der Waals surface area contributed by atoms with Gasteiger partial charge in [0, 0.05) is 23.5 Å². The van der Waals surface area contributed by atoms with Crippen molar-refractivity contribution in [2.45, 2.75) is 38.3 Å². The van der Waals surface area contributed by atoms with Crippen molar-refractivity contribution < 1.29 is 9.13 Å². The molecule has 0 spiro atoms. The van der Waals surface area contributed by atoms with Crippen molar-refractivity contribution >= 4 is 15.9 Å². The van der Waals surface area contributed by atoms with Crippen LogP contribution in [0.5, 0.6) is 5.75 Å². The number of halogens is 2. The number of hydrogen-bond donors (Lipinski definition) is 0. The van der Waals surface area contributed by atoms with E-state index in [1.54, 1.807) is 6.07 Å². The molecule has 2 rings (SSSR count). The Bertz CT molecular complexity index is 413. The lowest BCUT2D eigenvalue weighted by Crippen LogP contribution is -2.29. The quantitative estimate of drug-likeness (QED) is 0.732. The van der Waals surface area contributed by atoms with Crippen LogP contribution in [0.3, 0.4) is 0 Å². The van der Waals surface area contributed by atoms with Crippen LogP contribution in [-0.4, -0.2) is 29.9 Å². The van der Waals surface area contributed by atoms with Gasteiger partial charge in [-0.25, -0.2) is 4.39 Å². The minimum Gasteiger partial charge on any atom is -0.494 e. The van der Waals surface area contributed by atoms with Gasteiger partial charge in [-0.05, 0) is 38.3 Å². The van der Waals surface area contributed by atoms with E-state index in [0.29, 0.717) is 18.3 Å². The minimum atomic E-state index is -0.212. The Morgan fingerprint density at radius 2 is 2.32 bits per heavy atom. The maximum absolute atomic E-state index is 14.1. The maximum Gasteiger partial charge on any atom is 0.169 e. The number of alkyl halides is 1. The van der Waals surface area contributed by atoms with Crippen molar-refractivity contribution in [1.82, 2.24) is 4.90 Å². The van der Waals surface area contributed by atoms with Crippen LogP contribution in [0.1, 0.15) is 31.2 Å². The highest BCUT2D eigenvalue weighted by atomic mass is 79.9. The molecular weight excluding hydrogens is 309 g/mol. The molecule has 1 unspecified atom stereocenters. The van der Waals surface area contributed by atoms with Crippen LogP contribution in [0.4, 0.5) is 4.39 Å². The molecular formula is C15H21BrFNO. The molecule has 0 aliphatic carbocycles. The standard InChI is InChI=1S/C15H21BrFNO/c1-19-14-8-2-5-12(15(14)17)11-18-10-4-7-13(18)6-3-9-16/h2,5,8,13H,3-4,6-7,9-11H2,1H3. The Hall–Kier alpha value is -0.610.